The molecule has 1 aliphatic rings. The summed E-state index contributed by atoms with van der Waals surface area (Å²) < 4.78 is 4.90. The summed E-state index contributed by atoms with van der Waals surface area (Å²) in [6, 6.07) is 9.82. The van der Waals surface area contributed by atoms with Crippen molar-refractivity contribution >= 4 is 11.8 Å². The van der Waals surface area contributed by atoms with Crippen LogP contribution in [-0.2, 0) is 14.3 Å². The minimum absolute atomic E-state index is 0.0124. The molecule has 1 aliphatic carbocycles. The van der Waals surface area contributed by atoms with Gasteiger partial charge in [-0.25, -0.2) is 0 Å². The summed E-state index contributed by atoms with van der Waals surface area (Å²) in [6.07, 6.45) is 4.91. The number of carbonyl (C=O) groups excluding carboxylic acids is 2. The van der Waals surface area contributed by atoms with Crippen molar-refractivity contribution < 1.29 is 14.3 Å². The van der Waals surface area contributed by atoms with E-state index in [0.29, 0.717) is 12.8 Å². The molecule has 112 valence electrons. The lowest BCUT2D eigenvalue weighted by Gasteiger charge is -2.24. The summed E-state index contributed by atoms with van der Waals surface area (Å²) in [7, 11) is 1.35. The Morgan fingerprint density at radius 2 is 1.90 bits per heavy atom. The van der Waals surface area contributed by atoms with Gasteiger partial charge in [-0.2, -0.15) is 0 Å². The average molecular weight is 286 g/mol. The fourth-order valence-electron chi connectivity index (χ4n) is 2.97. The first-order valence-electron chi connectivity index (χ1n) is 7.44. The highest BCUT2D eigenvalue weighted by Gasteiger charge is 2.36. The molecule has 2 rings (SSSR count). The van der Waals surface area contributed by atoms with Crippen LogP contribution in [0.15, 0.2) is 42.0 Å². The van der Waals surface area contributed by atoms with Gasteiger partial charge in [0.15, 0.2) is 0 Å². The van der Waals surface area contributed by atoms with Crippen molar-refractivity contribution in [1.29, 1.82) is 0 Å². The molecular weight excluding hydrogens is 264 g/mol. The maximum atomic E-state index is 12.5. The number of ether oxygens (including phenoxy) is 1. The van der Waals surface area contributed by atoms with Crippen molar-refractivity contribution in [2.24, 2.45) is 5.92 Å². The van der Waals surface area contributed by atoms with Gasteiger partial charge in [0.25, 0.3) is 0 Å². The number of carbonyl (C=O) groups is 2. The third-order valence-electron chi connectivity index (χ3n) is 4.17. The van der Waals surface area contributed by atoms with Crippen LogP contribution in [0.3, 0.4) is 0 Å². The van der Waals surface area contributed by atoms with Crippen LogP contribution in [0, 0.1) is 5.92 Å². The fraction of sp³-hybridized carbons (Fsp3) is 0.444. The predicted octanol–water partition coefficient (Wildman–Crippen LogP) is 3.65. The Balaban J connectivity index is 2.38. The number of rotatable bonds is 2. The number of esters is 1. The predicted molar refractivity (Wildman–Crippen MR) is 81.9 cm³/mol. The van der Waals surface area contributed by atoms with E-state index in [2.05, 4.69) is 13.0 Å². The molecule has 0 unspecified atom stereocenters. The summed E-state index contributed by atoms with van der Waals surface area (Å²) in [6.45, 7) is 2.09. The number of allylic oxidation sites excluding steroid dienone is 2. The van der Waals surface area contributed by atoms with Crippen molar-refractivity contribution in [3.63, 3.8) is 0 Å². The molecule has 0 N–H and O–H groups in total. The lowest BCUT2D eigenvalue weighted by Crippen LogP contribution is -2.31. The number of ketones is 1. The number of benzene rings is 1. The zero-order valence-corrected chi connectivity index (χ0v) is 12.7. The van der Waals surface area contributed by atoms with Crippen LogP contribution >= 0.6 is 0 Å². The van der Waals surface area contributed by atoms with Gasteiger partial charge in [0.05, 0.1) is 7.11 Å². The molecule has 21 heavy (non-hydrogen) atoms. The van der Waals surface area contributed by atoms with E-state index in [9.17, 15) is 9.59 Å². The highest BCUT2D eigenvalue weighted by Crippen LogP contribution is 2.34. The van der Waals surface area contributed by atoms with Crippen LogP contribution in [0.5, 0.6) is 0 Å². The average Bonchev–Trinajstić information content (AvgIpc) is 2.57. The summed E-state index contributed by atoms with van der Waals surface area (Å²) in [5.74, 6) is -1.21. The second kappa shape index (κ2) is 7.21. The lowest BCUT2D eigenvalue weighted by molar-refractivity contribution is -0.150. The molecule has 3 nitrogen and oxygen atoms in total. The topological polar surface area (TPSA) is 43.4 Å². The summed E-state index contributed by atoms with van der Waals surface area (Å²) in [5, 5.41) is 0. The zero-order chi connectivity index (χ0) is 15.2. The highest BCUT2D eigenvalue weighted by atomic mass is 16.5. The Labute approximate surface area is 126 Å². The van der Waals surface area contributed by atoms with Crippen molar-refractivity contribution in [3.05, 3.63) is 47.5 Å². The van der Waals surface area contributed by atoms with Gasteiger partial charge in [0, 0.05) is 12.3 Å². The smallest absolute Gasteiger partial charge is 0.316 e. The van der Waals surface area contributed by atoms with Crippen LogP contribution < -0.4 is 0 Å². The van der Waals surface area contributed by atoms with Crippen LogP contribution in [0.4, 0.5) is 0 Å². The van der Waals surface area contributed by atoms with Gasteiger partial charge in [0.2, 0.25) is 0 Å². The first-order valence-corrected chi connectivity index (χ1v) is 7.44. The second-order valence-corrected chi connectivity index (χ2v) is 5.61. The molecule has 0 heterocycles. The monoisotopic (exact) mass is 286 g/mol. The highest BCUT2D eigenvalue weighted by molar-refractivity contribution is 6.00. The third kappa shape index (κ3) is 3.81. The van der Waals surface area contributed by atoms with Gasteiger partial charge < -0.3 is 4.74 Å². The van der Waals surface area contributed by atoms with Gasteiger partial charge in [-0.15, -0.1) is 0 Å². The van der Waals surface area contributed by atoms with Gasteiger partial charge >= 0.3 is 5.97 Å². The number of Topliss-reactive ketones (excluding diaryl/α,β-unsaturated/α-hetero) is 1. The van der Waals surface area contributed by atoms with Crippen molar-refractivity contribution in [1.82, 2.24) is 0 Å². The Morgan fingerprint density at radius 1 is 1.19 bits per heavy atom. The van der Waals surface area contributed by atoms with Crippen molar-refractivity contribution in [2.75, 3.05) is 7.11 Å². The first-order chi connectivity index (χ1) is 10.1. The zero-order valence-electron chi connectivity index (χ0n) is 12.7. The maximum absolute atomic E-state index is 12.5. The second-order valence-electron chi connectivity index (χ2n) is 5.61. The minimum atomic E-state index is -0.684. The quantitative estimate of drug-likeness (QED) is 0.473. The molecule has 3 heteroatoms. The molecule has 0 saturated carbocycles. The van der Waals surface area contributed by atoms with E-state index in [0.717, 1.165) is 18.4 Å². The molecule has 0 aliphatic heterocycles. The Morgan fingerprint density at radius 3 is 2.57 bits per heavy atom. The first kappa shape index (κ1) is 15.5. The largest absolute Gasteiger partial charge is 0.468 e. The van der Waals surface area contributed by atoms with Crippen LogP contribution in [0.1, 0.15) is 44.1 Å². The summed E-state index contributed by atoms with van der Waals surface area (Å²) in [5.41, 5.74) is 2.32. The SMILES string of the molecule is COC(=O)[C@H]1C(=O)CC/C=C(\C)CC[C@@H]1c1ccccc1. The van der Waals surface area contributed by atoms with E-state index in [1.807, 2.05) is 30.3 Å². The molecule has 0 amide bonds. The molecule has 2 atom stereocenters. The normalized spacial score (nSPS) is 26.0. The van der Waals surface area contributed by atoms with Crippen LogP contribution in [0.25, 0.3) is 0 Å². The minimum Gasteiger partial charge on any atom is -0.468 e. The van der Waals surface area contributed by atoms with E-state index in [1.165, 1.54) is 12.7 Å². The number of hydrogen-bond acceptors (Lipinski definition) is 3. The molecule has 0 saturated heterocycles. The fourth-order valence-corrected chi connectivity index (χ4v) is 2.97. The lowest BCUT2D eigenvalue weighted by atomic mass is 9.79. The molecular formula is C18H22O3. The van der Waals surface area contributed by atoms with Crippen LogP contribution in [0.2, 0.25) is 0 Å². The Hall–Kier alpha value is -1.90. The number of hydrogen-bond donors (Lipinski definition) is 0. The van der Waals surface area contributed by atoms with E-state index in [-0.39, 0.29) is 11.7 Å². The summed E-state index contributed by atoms with van der Waals surface area (Å²) in [4.78, 5) is 24.6. The van der Waals surface area contributed by atoms with E-state index >= 15 is 0 Å². The Kier molecular flexibility index (Phi) is 5.32. The Bertz CT molecular complexity index is 531. The van der Waals surface area contributed by atoms with Crippen LogP contribution in [-0.4, -0.2) is 18.9 Å². The third-order valence-corrected chi connectivity index (χ3v) is 4.17. The molecule has 0 aromatic heterocycles. The molecule has 1 aromatic rings. The molecule has 0 spiro atoms. The molecule has 0 bridgehead atoms. The molecule has 0 radical (unpaired) electrons. The van der Waals surface area contributed by atoms with Gasteiger partial charge in [0.1, 0.15) is 11.7 Å². The molecule has 1 aromatic carbocycles. The van der Waals surface area contributed by atoms with Gasteiger partial charge in [-0.05, 0) is 31.7 Å². The van der Waals surface area contributed by atoms with E-state index in [1.54, 1.807) is 0 Å². The number of methoxy groups -OCH3 is 1. The van der Waals surface area contributed by atoms with Crippen molar-refractivity contribution in [2.45, 2.75) is 38.5 Å². The standard InChI is InChI=1S/C18H22O3/c1-13-7-6-10-16(19)17(18(20)21-2)15(12-11-13)14-8-4-3-5-9-14/h3-5,7-9,15,17H,6,10-12H2,1-2H3/b13-7+/t15-,17-/m1/s1. The van der Waals surface area contributed by atoms with Gasteiger partial charge in [-0.3, -0.25) is 9.59 Å². The van der Waals surface area contributed by atoms with Crippen molar-refractivity contribution in [3.8, 4) is 0 Å². The molecule has 0 fully saturated rings. The summed E-state index contributed by atoms with van der Waals surface area (Å²) >= 11 is 0. The van der Waals surface area contributed by atoms with E-state index in [4.69, 9.17) is 4.74 Å². The maximum Gasteiger partial charge on any atom is 0.316 e. The van der Waals surface area contributed by atoms with Gasteiger partial charge in [-0.1, -0.05) is 42.0 Å². The van der Waals surface area contributed by atoms with E-state index < -0.39 is 11.9 Å².